The molecular formula is C9H13F3N2O3. The lowest BCUT2D eigenvalue weighted by Gasteiger charge is -2.20. The van der Waals surface area contributed by atoms with Crippen LogP contribution in [0.4, 0.5) is 13.2 Å². The van der Waals surface area contributed by atoms with Crippen molar-refractivity contribution in [1.82, 2.24) is 4.90 Å². The summed E-state index contributed by atoms with van der Waals surface area (Å²) in [5, 5.41) is 8.79. The molecule has 1 aliphatic rings. The predicted molar refractivity (Wildman–Crippen MR) is 51.0 cm³/mol. The largest absolute Gasteiger partial charge is 0.480 e. The fourth-order valence-electron chi connectivity index (χ4n) is 1.63. The van der Waals surface area contributed by atoms with Gasteiger partial charge in [0.25, 0.3) is 0 Å². The van der Waals surface area contributed by atoms with E-state index in [4.69, 9.17) is 10.8 Å². The first kappa shape index (κ1) is 13.8. The van der Waals surface area contributed by atoms with Gasteiger partial charge in [-0.1, -0.05) is 0 Å². The molecule has 5 nitrogen and oxygen atoms in total. The van der Waals surface area contributed by atoms with Crippen molar-refractivity contribution in [2.45, 2.75) is 31.0 Å². The molecule has 0 aliphatic carbocycles. The molecule has 1 atom stereocenters. The smallest absolute Gasteiger partial charge is 0.389 e. The number of amides is 1. The van der Waals surface area contributed by atoms with Crippen molar-refractivity contribution in [3.05, 3.63) is 0 Å². The Morgan fingerprint density at radius 3 is 2.41 bits per heavy atom. The molecule has 17 heavy (non-hydrogen) atoms. The number of carboxylic acids is 1. The molecule has 1 aliphatic heterocycles. The molecule has 0 spiro atoms. The Kier molecular flexibility index (Phi) is 3.65. The second-order valence-corrected chi connectivity index (χ2v) is 4.14. The topological polar surface area (TPSA) is 83.6 Å². The SMILES string of the molecule is NC1(C(=O)O)CCN(C(=O)CCC(F)(F)F)C1. The Labute approximate surface area is 95.4 Å². The van der Waals surface area contributed by atoms with Gasteiger partial charge in [-0.3, -0.25) is 9.59 Å². The average Bonchev–Trinajstić information content (AvgIpc) is 2.58. The fraction of sp³-hybridized carbons (Fsp3) is 0.778. The zero-order valence-electron chi connectivity index (χ0n) is 8.96. The number of hydrogen-bond acceptors (Lipinski definition) is 3. The molecule has 0 aromatic heterocycles. The first-order valence-electron chi connectivity index (χ1n) is 5.01. The van der Waals surface area contributed by atoms with Gasteiger partial charge in [0.05, 0.1) is 6.42 Å². The van der Waals surface area contributed by atoms with E-state index in [1.54, 1.807) is 0 Å². The Hall–Kier alpha value is -1.31. The number of carbonyl (C=O) groups excluding carboxylic acids is 1. The number of halogens is 3. The third-order valence-corrected chi connectivity index (χ3v) is 2.70. The minimum absolute atomic E-state index is 0.0556. The van der Waals surface area contributed by atoms with Gasteiger partial charge in [-0.15, -0.1) is 0 Å². The standard InChI is InChI=1S/C9H13F3N2O3/c10-9(11,12)2-1-6(15)14-4-3-8(13,5-14)7(16)17/h1-5,13H2,(H,16,17). The molecule has 0 saturated carbocycles. The van der Waals surface area contributed by atoms with Crippen LogP contribution < -0.4 is 5.73 Å². The number of carbonyl (C=O) groups is 2. The van der Waals surface area contributed by atoms with E-state index in [0.29, 0.717) is 0 Å². The van der Waals surface area contributed by atoms with Crippen molar-refractivity contribution in [2.24, 2.45) is 5.73 Å². The quantitative estimate of drug-likeness (QED) is 0.760. The number of likely N-dealkylation sites (tertiary alicyclic amines) is 1. The predicted octanol–water partition coefficient (Wildman–Crippen LogP) is 0.343. The zero-order valence-corrected chi connectivity index (χ0v) is 8.96. The van der Waals surface area contributed by atoms with Crippen LogP contribution in [0.3, 0.4) is 0 Å². The van der Waals surface area contributed by atoms with E-state index in [0.717, 1.165) is 4.90 Å². The van der Waals surface area contributed by atoms with E-state index < -0.39 is 36.4 Å². The van der Waals surface area contributed by atoms with Crippen LogP contribution in [-0.2, 0) is 9.59 Å². The normalized spacial score (nSPS) is 25.1. The van der Waals surface area contributed by atoms with Crippen molar-refractivity contribution in [3.8, 4) is 0 Å². The summed E-state index contributed by atoms with van der Waals surface area (Å²) in [6.07, 6.45) is -6.20. The summed E-state index contributed by atoms with van der Waals surface area (Å²) in [5.41, 5.74) is 3.96. The van der Waals surface area contributed by atoms with Crippen molar-refractivity contribution in [1.29, 1.82) is 0 Å². The molecular weight excluding hydrogens is 241 g/mol. The highest BCUT2D eigenvalue weighted by Gasteiger charge is 2.43. The van der Waals surface area contributed by atoms with Gasteiger partial charge in [0, 0.05) is 19.5 Å². The second-order valence-electron chi connectivity index (χ2n) is 4.14. The van der Waals surface area contributed by atoms with Crippen LogP contribution in [0, 0.1) is 0 Å². The average molecular weight is 254 g/mol. The van der Waals surface area contributed by atoms with E-state index in [1.165, 1.54) is 0 Å². The summed E-state index contributed by atoms with van der Waals surface area (Å²) in [7, 11) is 0. The number of nitrogens with two attached hydrogens (primary N) is 1. The highest BCUT2D eigenvalue weighted by molar-refractivity contribution is 5.83. The molecule has 1 heterocycles. The summed E-state index contributed by atoms with van der Waals surface area (Å²) in [4.78, 5) is 23.2. The molecule has 0 bridgehead atoms. The van der Waals surface area contributed by atoms with Crippen LogP contribution in [0.1, 0.15) is 19.3 Å². The maximum absolute atomic E-state index is 11.9. The van der Waals surface area contributed by atoms with E-state index in [9.17, 15) is 22.8 Å². The monoisotopic (exact) mass is 254 g/mol. The van der Waals surface area contributed by atoms with Gasteiger partial charge < -0.3 is 15.7 Å². The van der Waals surface area contributed by atoms with Gasteiger partial charge in [0.15, 0.2) is 0 Å². The molecule has 3 N–H and O–H groups in total. The van der Waals surface area contributed by atoms with Crippen molar-refractivity contribution in [2.75, 3.05) is 13.1 Å². The first-order valence-corrected chi connectivity index (χ1v) is 5.01. The molecule has 98 valence electrons. The molecule has 0 radical (unpaired) electrons. The van der Waals surface area contributed by atoms with Crippen molar-refractivity contribution >= 4 is 11.9 Å². The Bertz CT molecular complexity index is 332. The number of alkyl halides is 3. The molecule has 1 unspecified atom stereocenters. The number of nitrogens with zero attached hydrogens (tertiary/aromatic N) is 1. The second kappa shape index (κ2) is 4.52. The first-order chi connectivity index (χ1) is 7.64. The number of aliphatic carboxylic acids is 1. The summed E-state index contributed by atoms with van der Waals surface area (Å²) >= 11 is 0. The molecule has 8 heteroatoms. The molecule has 1 rings (SSSR count). The van der Waals surface area contributed by atoms with Crippen LogP contribution in [0.25, 0.3) is 0 Å². The van der Waals surface area contributed by atoms with Gasteiger partial charge >= 0.3 is 12.1 Å². The van der Waals surface area contributed by atoms with Crippen molar-refractivity contribution < 1.29 is 27.9 Å². The third kappa shape index (κ3) is 3.58. The molecule has 1 fully saturated rings. The van der Waals surface area contributed by atoms with Crippen LogP contribution >= 0.6 is 0 Å². The van der Waals surface area contributed by atoms with Crippen LogP contribution in [-0.4, -0.2) is 46.7 Å². The van der Waals surface area contributed by atoms with Gasteiger partial charge in [-0.2, -0.15) is 13.2 Å². The Balaban J connectivity index is 2.49. The Morgan fingerprint density at radius 1 is 1.41 bits per heavy atom. The number of hydrogen-bond donors (Lipinski definition) is 2. The maximum atomic E-state index is 11.9. The lowest BCUT2D eigenvalue weighted by Crippen LogP contribution is -2.50. The zero-order chi connectivity index (χ0) is 13.3. The number of carboxylic acid groups (broad SMARTS) is 1. The van der Waals surface area contributed by atoms with Crippen LogP contribution in [0.15, 0.2) is 0 Å². The lowest BCUT2D eigenvalue weighted by molar-refractivity contribution is -0.149. The van der Waals surface area contributed by atoms with Gasteiger partial charge in [0.1, 0.15) is 5.54 Å². The summed E-state index contributed by atoms with van der Waals surface area (Å²) in [6, 6.07) is 0. The number of rotatable bonds is 3. The molecule has 1 saturated heterocycles. The highest BCUT2D eigenvalue weighted by Crippen LogP contribution is 2.24. The van der Waals surface area contributed by atoms with Gasteiger partial charge in [-0.25, -0.2) is 0 Å². The molecule has 1 amide bonds. The summed E-state index contributed by atoms with van der Waals surface area (Å²) in [5.74, 6) is -1.96. The maximum Gasteiger partial charge on any atom is 0.389 e. The summed E-state index contributed by atoms with van der Waals surface area (Å²) < 4.78 is 35.7. The third-order valence-electron chi connectivity index (χ3n) is 2.70. The van der Waals surface area contributed by atoms with Crippen LogP contribution in [0.2, 0.25) is 0 Å². The minimum atomic E-state index is -4.39. The van der Waals surface area contributed by atoms with Gasteiger partial charge in [-0.05, 0) is 6.42 Å². The summed E-state index contributed by atoms with van der Waals surface area (Å²) in [6.45, 7) is -0.154. The lowest BCUT2D eigenvalue weighted by atomic mass is 10.0. The van der Waals surface area contributed by atoms with E-state index in [2.05, 4.69) is 0 Å². The van der Waals surface area contributed by atoms with Gasteiger partial charge in [0.2, 0.25) is 5.91 Å². The molecule has 0 aromatic carbocycles. The Morgan fingerprint density at radius 2 is 2.00 bits per heavy atom. The molecule has 0 aromatic rings. The van der Waals surface area contributed by atoms with E-state index >= 15 is 0 Å². The highest BCUT2D eigenvalue weighted by atomic mass is 19.4. The minimum Gasteiger partial charge on any atom is -0.480 e. The van der Waals surface area contributed by atoms with Crippen LogP contribution in [0.5, 0.6) is 0 Å². The fourth-order valence-corrected chi connectivity index (χ4v) is 1.63. The van der Waals surface area contributed by atoms with Crippen molar-refractivity contribution in [3.63, 3.8) is 0 Å². The van der Waals surface area contributed by atoms with E-state index in [1.807, 2.05) is 0 Å². The van der Waals surface area contributed by atoms with E-state index in [-0.39, 0.29) is 19.5 Å².